The van der Waals surface area contributed by atoms with Crippen molar-refractivity contribution < 1.29 is 9.53 Å². The van der Waals surface area contributed by atoms with Gasteiger partial charge in [-0.25, -0.2) is 4.79 Å². The number of nitrogen functional groups attached to an aromatic ring is 1. The fraction of sp³-hybridized carbons (Fsp3) is 0.238. The summed E-state index contributed by atoms with van der Waals surface area (Å²) in [5.74, 6) is 6.71. The molecule has 1 aliphatic heterocycles. The Balaban J connectivity index is 1.42. The smallest absolute Gasteiger partial charge is 0.370 e. The highest BCUT2D eigenvalue weighted by Gasteiger charge is 2.66. The van der Waals surface area contributed by atoms with Crippen LogP contribution in [0.1, 0.15) is 24.0 Å². The number of amides is 1. The maximum atomic E-state index is 12.6. The molecule has 1 spiro atoms. The Bertz CT molecular complexity index is 1460. The molecule has 0 radical (unpaired) electrons. The Morgan fingerprint density at radius 1 is 1.19 bits per heavy atom. The molecule has 1 fully saturated rings. The molecule has 162 valence electrons. The topological polar surface area (TPSA) is 121 Å². The number of nitrogens with two attached hydrogens (primary N) is 1. The van der Waals surface area contributed by atoms with E-state index in [1.807, 2.05) is 6.07 Å². The summed E-state index contributed by atoms with van der Waals surface area (Å²) in [6.45, 7) is 0. The van der Waals surface area contributed by atoms with Crippen LogP contribution >= 0.6 is 23.2 Å². The Morgan fingerprint density at radius 3 is 2.69 bits per heavy atom. The van der Waals surface area contributed by atoms with Crippen LogP contribution in [0.3, 0.4) is 0 Å². The lowest BCUT2D eigenvalue weighted by Crippen LogP contribution is -2.44. The van der Waals surface area contributed by atoms with E-state index < -0.39 is 16.7 Å². The SMILES string of the molecule is Nn1c(=O)cnn(-c2cc(Cl)c(Oc3ccc4c5c3CCC3CC53C(=O)N4)c(Cl)c2)c1=O. The van der Waals surface area contributed by atoms with Crippen LogP contribution in [0.25, 0.3) is 5.69 Å². The van der Waals surface area contributed by atoms with Gasteiger partial charge in [0.2, 0.25) is 5.91 Å². The van der Waals surface area contributed by atoms with Crippen LogP contribution in [-0.4, -0.2) is 20.4 Å². The van der Waals surface area contributed by atoms with E-state index in [1.54, 1.807) is 6.07 Å². The Kier molecular flexibility index (Phi) is 3.86. The van der Waals surface area contributed by atoms with Crippen molar-refractivity contribution in [3.63, 3.8) is 0 Å². The Morgan fingerprint density at radius 2 is 1.94 bits per heavy atom. The lowest BCUT2D eigenvalue weighted by atomic mass is 9.82. The van der Waals surface area contributed by atoms with Gasteiger partial charge in [-0.05, 0) is 55.0 Å². The van der Waals surface area contributed by atoms with Gasteiger partial charge < -0.3 is 15.9 Å². The van der Waals surface area contributed by atoms with Crippen molar-refractivity contribution in [1.29, 1.82) is 0 Å². The summed E-state index contributed by atoms with van der Waals surface area (Å²) in [6, 6.07) is 6.53. The summed E-state index contributed by atoms with van der Waals surface area (Å²) < 4.78 is 7.49. The molecule has 0 bridgehead atoms. The van der Waals surface area contributed by atoms with Crippen molar-refractivity contribution in [2.75, 3.05) is 11.2 Å². The number of hydrogen-bond acceptors (Lipinski definition) is 6. The molecule has 2 unspecified atom stereocenters. The van der Waals surface area contributed by atoms with Gasteiger partial charge in [-0.2, -0.15) is 14.5 Å². The van der Waals surface area contributed by atoms with Crippen LogP contribution < -0.4 is 27.1 Å². The number of aromatic nitrogens is 3. The number of benzene rings is 2. The summed E-state index contributed by atoms with van der Waals surface area (Å²) in [4.78, 5) is 36.3. The van der Waals surface area contributed by atoms with Crippen molar-refractivity contribution in [1.82, 2.24) is 14.5 Å². The molecule has 32 heavy (non-hydrogen) atoms. The summed E-state index contributed by atoms with van der Waals surface area (Å²) in [5, 5.41) is 7.09. The second kappa shape index (κ2) is 6.36. The highest BCUT2D eigenvalue weighted by molar-refractivity contribution is 6.37. The fourth-order valence-electron chi connectivity index (χ4n) is 4.98. The van der Waals surface area contributed by atoms with Crippen LogP contribution in [0.2, 0.25) is 10.0 Å². The number of anilines is 1. The number of carbonyl (C=O) groups excluding carboxylic acids is 1. The summed E-state index contributed by atoms with van der Waals surface area (Å²) in [6.07, 6.45) is 3.50. The highest BCUT2D eigenvalue weighted by atomic mass is 35.5. The normalized spacial score (nSPS) is 22.2. The van der Waals surface area contributed by atoms with E-state index in [9.17, 15) is 14.4 Å². The molecule has 1 aromatic heterocycles. The van der Waals surface area contributed by atoms with Crippen LogP contribution in [0.15, 0.2) is 40.1 Å². The minimum atomic E-state index is -0.845. The van der Waals surface area contributed by atoms with Crippen LogP contribution in [-0.2, 0) is 16.6 Å². The third kappa shape index (κ3) is 2.46. The third-order valence-corrected chi connectivity index (χ3v) is 7.13. The van der Waals surface area contributed by atoms with E-state index in [4.69, 9.17) is 33.8 Å². The minimum absolute atomic E-state index is 0.0650. The molecule has 3 aromatic rings. The third-order valence-electron chi connectivity index (χ3n) is 6.57. The Hall–Kier alpha value is -3.30. The molecule has 9 nitrogen and oxygen atoms in total. The largest absolute Gasteiger partial charge is 0.454 e. The number of nitrogens with one attached hydrogen (secondary N) is 1. The van der Waals surface area contributed by atoms with Gasteiger partial charge in [-0.1, -0.05) is 23.2 Å². The molecular formula is C21H15Cl2N5O4. The van der Waals surface area contributed by atoms with Crippen molar-refractivity contribution in [2.24, 2.45) is 5.92 Å². The zero-order valence-corrected chi connectivity index (χ0v) is 17.9. The maximum absolute atomic E-state index is 12.6. The van der Waals surface area contributed by atoms with Crippen molar-refractivity contribution in [3.05, 3.63) is 72.5 Å². The summed E-state index contributed by atoms with van der Waals surface area (Å²) in [5.41, 5.74) is 1.08. The van der Waals surface area contributed by atoms with E-state index in [0.717, 1.165) is 47.0 Å². The van der Waals surface area contributed by atoms with Gasteiger partial charge in [0.1, 0.15) is 11.9 Å². The first-order valence-corrected chi connectivity index (χ1v) is 10.7. The lowest BCUT2D eigenvalue weighted by molar-refractivity contribution is -0.118. The summed E-state index contributed by atoms with van der Waals surface area (Å²) in [7, 11) is 0. The van der Waals surface area contributed by atoms with Crippen LogP contribution in [0.5, 0.6) is 11.5 Å². The second-order valence-electron chi connectivity index (χ2n) is 8.22. The molecule has 3 N–H and O–H groups in total. The first-order valence-electron chi connectivity index (χ1n) is 9.93. The molecule has 11 heteroatoms. The van der Waals surface area contributed by atoms with Gasteiger partial charge in [0.15, 0.2) is 5.75 Å². The molecule has 1 saturated carbocycles. The number of rotatable bonds is 3. The standard InChI is InChI=1S/C21H15Cl2N5O4/c22-12-5-10(28-20(31)27(24)16(29)8-25-28)6-13(23)18(12)32-15-4-3-14-17-11(15)2-1-9-7-21(9,17)19(30)26-14/h3-6,8-9H,1-2,7,24H2,(H,26,30). The van der Waals surface area contributed by atoms with Crippen molar-refractivity contribution in [3.8, 4) is 17.2 Å². The lowest BCUT2D eigenvalue weighted by Gasteiger charge is -2.22. The van der Waals surface area contributed by atoms with Crippen molar-refractivity contribution >= 4 is 34.8 Å². The van der Waals surface area contributed by atoms with Crippen LogP contribution in [0.4, 0.5) is 5.69 Å². The number of ether oxygens (including phenoxy) is 1. The molecule has 2 atom stereocenters. The van der Waals surface area contributed by atoms with E-state index in [1.165, 1.54) is 12.1 Å². The highest BCUT2D eigenvalue weighted by Crippen LogP contribution is 2.66. The zero-order valence-electron chi connectivity index (χ0n) is 16.4. The first kappa shape index (κ1) is 19.4. The second-order valence-corrected chi connectivity index (χ2v) is 9.03. The molecule has 2 heterocycles. The van der Waals surface area contributed by atoms with Crippen molar-refractivity contribution in [2.45, 2.75) is 24.7 Å². The molecule has 6 rings (SSSR count). The van der Waals surface area contributed by atoms with E-state index >= 15 is 0 Å². The van der Waals surface area contributed by atoms with Gasteiger partial charge in [0, 0.05) is 11.3 Å². The Labute approximate surface area is 190 Å². The molecule has 0 saturated heterocycles. The van der Waals surface area contributed by atoms with E-state index in [2.05, 4.69) is 10.4 Å². The molecule has 2 aromatic carbocycles. The average molecular weight is 472 g/mol. The number of halogens is 2. The van der Waals surface area contributed by atoms with Gasteiger partial charge in [0.05, 0.1) is 21.1 Å². The van der Waals surface area contributed by atoms with Gasteiger partial charge in [0.25, 0.3) is 5.56 Å². The van der Waals surface area contributed by atoms with Crippen LogP contribution in [0, 0.1) is 5.92 Å². The molecule has 2 aliphatic carbocycles. The first-order chi connectivity index (χ1) is 15.3. The molecule has 1 amide bonds. The molecular weight excluding hydrogens is 457 g/mol. The predicted molar refractivity (Wildman–Crippen MR) is 118 cm³/mol. The number of hydrogen-bond donors (Lipinski definition) is 2. The summed E-state index contributed by atoms with van der Waals surface area (Å²) >= 11 is 12.9. The van der Waals surface area contributed by atoms with Gasteiger partial charge >= 0.3 is 5.69 Å². The molecule has 3 aliphatic rings. The van der Waals surface area contributed by atoms with E-state index in [0.29, 0.717) is 16.3 Å². The predicted octanol–water partition coefficient (Wildman–Crippen LogP) is 2.36. The quantitative estimate of drug-likeness (QED) is 0.565. The zero-order chi connectivity index (χ0) is 22.4. The average Bonchev–Trinajstić information content (AvgIpc) is 3.45. The fourth-order valence-corrected chi connectivity index (χ4v) is 5.54. The monoisotopic (exact) mass is 471 g/mol. The minimum Gasteiger partial charge on any atom is -0.454 e. The van der Waals surface area contributed by atoms with Gasteiger partial charge in [-0.3, -0.25) is 9.59 Å². The maximum Gasteiger partial charge on any atom is 0.370 e. The van der Waals surface area contributed by atoms with E-state index in [-0.39, 0.29) is 27.4 Å². The van der Waals surface area contributed by atoms with Gasteiger partial charge in [-0.15, -0.1) is 0 Å². The number of nitrogens with zero attached hydrogens (tertiary/aromatic N) is 3. The number of carbonyl (C=O) groups is 1.